The fraction of sp³-hybridized carbons (Fsp3) is 0.130. The highest BCUT2D eigenvalue weighted by Gasteiger charge is 2.04. The zero-order chi connectivity index (χ0) is 21.3. The van der Waals surface area contributed by atoms with Crippen molar-refractivity contribution >= 4 is 23.5 Å². The van der Waals surface area contributed by atoms with E-state index in [1.165, 1.54) is 12.3 Å². The lowest BCUT2D eigenvalue weighted by Crippen LogP contribution is -2.24. The number of nitrogens with zero attached hydrogens (tertiary/aromatic N) is 3. The van der Waals surface area contributed by atoms with E-state index < -0.39 is 5.91 Å². The molecule has 0 aliphatic carbocycles. The first kappa shape index (κ1) is 20.7. The van der Waals surface area contributed by atoms with Crippen LogP contribution >= 0.6 is 0 Å². The SMILES string of the molecule is Cc1ccc(OCC(=O)NN=Cc2cc(N=Nc3ccccc3)ccc2O)cc1C. The summed E-state index contributed by atoms with van der Waals surface area (Å²) in [4.78, 5) is 11.9. The Labute approximate surface area is 174 Å². The fourth-order valence-corrected chi connectivity index (χ4v) is 2.48. The van der Waals surface area contributed by atoms with Crippen molar-refractivity contribution in [3.05, 3.63) is 83.4 Å². The Morgan fingerprint density at radius 3 is 2.50 bits per heavy atom. The monoisotopic (exact) mass is 402 g/mol. The minimum absolute atomic E-state index is 0.0121. The summed E-state index contributed by atoms with van der Waals surface area (Å²) in [6, 6.07) is 19.7. The molecule has 7 heteroatoms. The number of carbonyl (C=O) groups excluding carboxylic acids is 1. The summed E-state index contributed by atoms with van der Waals surface area (Å²) in [7, 11) is 0. The molecule has 0 aliphatic rings. The maximum atomic E-state index is 11.9. The van der Waals surface area contributed by atoms with E-state index in [1.807, 2.05) is 62.4 Å². The van der Waals surface area contributed by atoms with Gasteiger partial charge in [-0.3, -0.25) is 4.79 Å². The topological polar surface area (TPSA) is 95.6 Å². The van der Waals surface area contributed by atoms with E-state index in [4.69, 9.17) is 4.74 Å². The maximum absolute atomic E-state index is 11.9. The van der Waals surface area contributed by atoms with Gasteiger partial charge in [0.2, 0.25) is 0 Å². The molecule has 0 heterocycles. The summed E-state index contributed by atoms with van der Waals surface area (Å²) in [6.45, 7) is 3.82. The molecule has 1 amide bonds. The second kappa shape index (κ2) is 9.97. The number of hydrogen-bond donors (Lipinski definition) is 2. The molecular formula is C23H22N4O3. The van der Waals surface area contributed by atoms with Crippen LogP contribution in [0.3, 0.4) is 0 Å². The van der Waals surface area contributed by atoms with Crippen LogP contribution in [-0.4, -0.2) is 23.8 Å². The van der Waals surface area contributed by atoms with E-state index in [0.29, 0.717) is 17.0 Å². The molecule has 0 unspecified atom stereocenters. The van der Waals surface area contributed by atoms with Crippen LogP contribution in [0.15, 0.2) is 82.1 Å². The van der Waals surface area contributed by atoms with E-state index in [0.717, 1.165) is 16.8 Å². The van der Waals surface area contributed by atoms with Gasteiger partial charge >= 0.3 is 0 Å². The summed E-state index contributed by atoms with van der Waals surface area (Å²) >= 11 is 0. The quantitative estimate of drug-likeness (QED) is 0.332. The number of rotatable bonds is 7. The number of hydrazone groups is 1. The summed E-state index contributed by atoms with van der Waals surface area (Å²) in [5.41, 5.74) is 6.28. The van der Waals surface area contributed by atoms with Crippen LogP contribution in [0.25, 0.3) is 0 Å². The molecule has 2 N–H and O–H groups in total. The molecule has 0 aromatic heterocycles. The minimum atomic E-state index is -0.413. The molecule has 3 aromatic carbocycles. The lowest BCUT2D eigenvalue weighted by Gasteiger charge is -2.07. The molecule has 0 radical (unpaired) electrons. The number of aryl methyl sites for hydroxylation is 2. The van der Waals surface area contributed by atoms with Crippen LogP contribution in [-0.2, 0) is 4.79 Å². The lowest BCUT2D eigenvalue weighted by atomic mass is 10.1. The van der Waals surface area contributed by atoms with Crippen molar-refractivity contribution in [2.75, 3.05) is 6.61 Å². The zero-order valence-electron chi connectivity index (χ0n) is 16.7. The molecule has 0 atom stereocenters. The first-order valence-corrected chi connectivity index (χ1v) is 9.33. The van der Waals surface area contributed by atoms with Crippen molar-refractivity contribution in [3.63, 3.8) is 0 Å². The van der Waals surface area contributed by atoms with E-state index in [2.05, 4.69) is 20.8 Å². The van der Waals surface area contributed by atoms with E-state index >= 15 is 0 Å². The molecule has 152 valence electrons. The number of ether oxygens (including phenoxy) is 1. The van der Waals surface area contributed by atoms with Crippen LogP contribution < -0.4 is 10.2 Å². The lowest BCUT2D eigenvalue weighted by molar-refractivity contribution is -0.123. The molecule has 3 rings (SSSR count). The van der Waals surface area contributed by atoms with E-state index in [9.17, 15) is 9.90 Å². The summed E-state index contributed by atoms with van der Waals surface area (Å²) in [5.74, 6) is 0.216. The average Bonchev–Trinajstić information content (AvgIpc) is 2.75. The van der Waals surface area contributed by atoms with Crippen LogP contribution in [0.5, 0.6) is 11.5 Å². The predicted molar refractivity (Wildman–Crippen MR) is 116 cm³/mol. The fourth-order valence-electron chi connectivity index (χ4n) is 2.48. The normalized spacial score (nSPS) is 11.1. The molecule has 7 nitrogen and oxygen atoms in total. The predicted octanol–water partition coefficient (Wildman–Crippen LogP) is 4.95. The Morgan fingerprint density at radius 2 is 1.73 bits per heavy atom. The third-order valence-electron chi connectivity index (χ3n) is 4.29. The molecule has 30 heavy (non-hydrogen) atoms. The number of hydrogen-bond acceptors (Lipinski definition) is 6. The molecular weight excluding hydrogens is 380 g/mol. The van der Waals surface area contributed by atoms with Crippen LogP contribution in [0.1, 0.15) is 16.7 Å². The van der Waals surface area contributed by atoms with Crippen molar-refractivity contribution < 1.29 is 14.6 Å². The third-order valence-corrected chi connectivity index (χ3v) is 4.29. The van der Waals surface area contributed by atoms with Gasteiger partial charge in [0.15, 0.2) is 6.61 Å². The van der Waals surface area contributed by atoms with Crippen molar-refractivity contribution in [2.24, 2.45) is 15.3 Å². The van der Waals surface area contributed by atoms with Gasteiger partial charge in [-0.05, 0) is 67.4 Å². The Hall–Kier alpha value is -4.00. The molecule has 0 spiro atoms. The minimum Gasteiger partial charge on any atom is -0.507 e. The number of aromatic hydroxyl groups is 1. The second-order valence-electron chi connectivity index (χ2n) is 6.61. The molecule has 3 aromatic rings. The number of amides is 1. The standard InChI is InChI=1S/C23H22N4O3/c1-16-8-10-21(12-17(16)2)30-15-23(29)27-24-14-18-13-20(9-11-22(18)28)26-25-19-6-4-3-5-7-19/h3-14,28H,15H2,1-2H3,(H,27,29). The molecule has 0 saturated carbocycles. The second-order valence-corrected chi connectivity index (χ2v) is 6.61. The Bertz CT molecular complexity index is 1080. The first-order valence-electron chi connectivity index (χ1n) is 9.33. The summed E-state index contributed by atoms with van der Waals surface area (Å²) in [6.07, 6.45) is 1.34. The molecule has 0 saturated heterocycles. The average molecular weight is 402 g/mol. The number of phenols is 1. The number of benzene rings is 3. The first-order chi connectivity index (χ1) is 14.5. The highest BCUT2D eigenvalue weighted by molar-refractivity contribution is 5.86. The number of azo groups is 1. The summed E-state index contributed by atoms with van der Waals surface area (Å²) in [5, 5.41) is 22.1. The van der Waals surface area contributed by atoms with Gasteiger partial charge in [-0.25, -0.2) is 5.43 Å². The maximum Gasteiger partial charge on any atom is 0.277 e. The van der Waals surface area contributed by atoms with Gasteiger partial charge in [0, 0.05) is 5.56 Å². The molecule has 0 fully saturated rings. The number of nitrogens with one attached hydrogen (secondary N) is 1. The third kappa shape index (κ3) is 6.00. The van der Waals surface area contributed by atoms with Crippen LogP contribution in [0.4, 0.5) is 11.4 Å². The Kier molecular flexibility index (Phi) is 6.89. The summed E-state index contributed by atoms with van der Waals surface area (Å²) < 4.78 is 5.46. The van der Waals surface area contributed by atoms with Gasteiger partial charge in [0.25, 0.3) is 5.91 Å². The molecule has 0 aliphatic heterocycles. The highest BCUT2D eigenvalue weighted by atomic mass is 16.5. The van der Waals surface area contributed by atoms with Crippen molar-refractivity contribution in [2.45, 2.75) is 13.8 Å². The van der Waals surface area contributed by atoms with Gasteiger partial charge in [-0.1, -0.05) is 24.3 Å². The Morgan fingerprint density at radius 1 is 0.967 bits per heavy atom. The Balaban J connectivity index is 1.56. The number of phenolic OH excluding ortho intramolecular Hbond substituents is 1. The van der Waals surface area contributed by atoms with Crippen LogP contribution in [0, 0.1) is 13.8 Å². The van der Waals surface area contributed by atoms with Gasteiger partial charge in [-0.15, -0.1) is 0 Å². The van der Waals surface area contributed by atoms with Gasteiger partial charge in [0.05, 0.1) is 17.6 Å². The van der Waals surface area contributed by atoms with Crippen LogP contribution in [0.2, 0.25) is 0 Å². The van der Waals surface area contributed by atoms with Crippen molar-refractivity contribution in [3.8, 4) is 11.5 Å². The largest absolute Gasteiger partial charge is 0.507 e. The highest BCUT2D eigenvalue weighted by Crippen LogP contribution is 2.24. The van der Waals surface area contributed by atoms with Gasteiger partial charge < -0.3 is 9.84 Å². The molecule has 0 bridgehead atoms. The smallest absolute Gasteiger partial charge is 0.277 e. The van der Waals surface area contributed by atoms with Gasteiger partial charge in [-0.2, -0.15) is 15.3 Å². The van der Waals surface area contributed by atoms with E-state index in [-0.39, 0.29) is 12.4 Å². The number of carbonyl (C=O) groups is 1. The van der Waals surface area contributed by atoms with E-state index in [1.54, 1.807) is 12.1 Å². The van der Waals surface area contributed by atoms with Crippen molar-refractivity contribution in [1.82, 2.24) is 5.43 Å². The van der Waals surface area contributed by atoms with Crippen molar-refractivity contribution in [1.29, 1.82) is 0 Å². The zero-order valence-corrected chi connectivity index (χ0v) is 16.7. The van der Waals surface area contributed by atoms with Gasteiger partial charge in [0.1, 0.15) is 11.5 Å².